The molecule has 0 aromatic rings. The fourth-order valence-electron chi connectivity index (χ4n) is 7.11. The van der Waals surface area contributed by atoms with Crippen molar-refractivity contribution in [3.05, 3.63) is 12.2 Å². The van der Waals surface area contributed by atoms with Gasteiger partial charge in [-0.1, -0.05) is 161 Å². The summed E-state index contributed by atoms with van der Waals surface area (Å²) in [5, 5.41) is 50.1. The summed E-state index contributed by atoms with van der Waals surface area (Å²) in [6.07, 6.45) is 22.6. The summed E-state index contributed by atoms with van der Waals surface area (Å²) in [4.78, 5) is 35.6. The van der Waals surface area contributed by atoms with Crippen molar-refractivity contribution in [2.24, 2.45) is 0 Å². The maximum Gasteiger partial charge on any atom is 0.472 e. The van der Waals surface area contributed by atoms with Crippen LogP contribution >= 0.6 is 7.82 Å². The first-order valence-corrected chi connectivity index (χ1v) is 24.5. The van der Waals surface area contributed by atoms with Crippen molar-refractivity contribution >= 4 is 19.8 Å². The smallest absolute Gasteiger partial charge is 0.462 e. The molecule has 0 aromatic heterocycles. The zero-order chi connectivity index (χ0) is 42.9. The van der Waals surface area contributed by atoms with Gasteiger partial charge >= 0.3 is 19.8 Å². The van der Waals surface area contributed by atoms with Gasteiger partial charge in [-0.15, -0.1) is 0 Å². The van der Waals surface area contributed by atoms with Gasteiger partial charge < -0.3 is 39.9 Å². The summed E-state index contributed by atoms with van der Waals surface area (Å²) < 4.78 is 33.5. The quantitative estimate of drug-likeness (QED) is 0.0149. The zero-order valence-electron chi connectivity index (χ0n) is 36.1. The van der Waals surface area contributed by atoms with Crippen molar-refractivity contribution in [3.63, 3.8) is 0 Å². The summed E-state index contributed by atoms with van der Waals surface area (Å²) in [7, 11) is -5.11. The Labute approximate surface area is 350 Å². The molecule has 1 aliphatic carbocycles. The van der Waals surface area contributed by atoms with Gasteiger partial charge in [0.2, 0.25) is 0 Å². The first kappa shape index (κ1) is 54.6. The standard InChI is InChI=1S/C44H83O13P/c1-3-5-7-9-11-13-15-17-19-21-23-25-27-29-31-33-38(46)56-36(35-55-58(52,53)57-44-42(50)40(48)39(47)41(49)43(44)51)34-54-37(45)32-30-28-26-24-22-20-18-16-14-12-10-8-6-4-2/h17,19,36,39-44,47-51H,3-16,18,20-35H2,1-2H3,(H,52,53)/b19-17-. The number of phosphoric ester groups is 1. The van der Waals surface area contributed by atoms with E-state index in [9.17, 15) is 44.6 Å². The predicted octanol–water partition coefficient (Wildman–Crippen LogP) is 8.67. The highest BCUT2D eigenvalue weighted by molar-refractivity contribution is 7.47. The number of carbonyl (C=O) groups is 2. The summed E-state index contributed by atoms with van der Waals surface area (Å²) in [5.74, 6) is -1.10. The van der Waals surface area contributed by atoms with Crippen LogP contribution < -0.4 is 0 Å². The molecule has 58 heavy (non-hydrogen) atoms. The predicted molar refractivity (Wildman–Crippen MR) is 226 cm³/mol. The Morgan fingerprint density at radius 2 is 0.879 bits per heavy atom. The molecule has 13 nitrogen and oxygen atoms in total. The average molecular weight is 851 g/mol. The maximum atomic E-state index is 12.8. The molecule has 0 spiro atoms. The van der Waals surface area contributed by atoms with Gasteiger partial charge in [-0.25, -0.2) is 4.57 Å². The molecular weight excluding hydrogens is 767 g/mol. The number of unbranched alkanes of at least 4 members (excludes halogenated alkanes) is 24. The van der Waals surface area contributed by atoms with Gasteiger partial charge in [0, 0.05) is 12.8 Å². The van der Waals surface area contributed by atoms with Crippen LogP contribution in [0.25, 0.3) is 0 Å². The van der Waals surface area contributed by atoms with Gasteiger partial charge in [0.1, 0.15) is 43.2 Å². The fraction of sp³-hybridized carbons (Fsp3) is 0.909. The molecule has 1 rings (SSSR count). The molecule has 1 fully saturated rings. The molecule has 6 N–H and O–H groups in total. The van der Waals surface area contributed by atoms with E-state index in [2.05, 4.69) is 26.0 Å². The Morgan fingerprint density at radius 1 is 0.517 bits per heavy atom. The second-order valence-electron chi connectivity index (χ2n) is 16.3. The molecule has 342 valence electrons. The lowest BCUT2D eigenvalue weighted by Crippen LogP contribution is -2.64. The molecule has 0 bridgehead atoms. The van der Waals surface area contributed by atoms with E-state index in [0.29, 0.717) is 12.8 Å². The third kappa shape index (κ3) is 27.4. The van der Waals surface area contributed by atoms with Crippen LogP contribution in [0.15, 0.2) is 12.2 Å². The minimum Gasteiger partial charge on any atom is -0.462 e. The number of esters is 2. The average Bonchev–Trinajstić information content (AvgIpc) is 3.20. The van der Waals surface area contributed by atoms with Gasteiger partial charge in [-0.05, 0) is 38.5 Å². The summed E-state index contributed by atoms with van der Waals surface area (Å²) >= 11 is 0. The van der Waals surface area contributed by atoms with Crippen LogP contribution in [-0.2, 0) is 32.7 Å². The number of aliphatic hydroxyl groups excluding tert-OH is 5. The monoisotopic (exact) mass is 851 g/mol. The molecule has 0 heterocycles. The third-order valence-electron chi connectivity index (χ3n) is 10.9. The van der Waals surface area contributed by atoms with Crippen LogP contribution in [-0.4, -0.2) is 98.3 Å². The van der Waals surface area contributed by atoms with E-state index >= 15 is 0 Å². The lowest BCUT2D eigenvalue weighted by molar-refractivity contribution is -0.220. The maximum absolute atomic E-state index is 12.8. The van der Waals surface area contributed by atoms with E-state index in [-0.39, 0.29) is 12.8 Å². The topological polar surface area (TPSA) is 210 Å². The second-order valence-corrected chi connectivity index (χ2v) is 17.7. The van der Waals surface area contributed by atoms with Crippen LogP contribution in [0.4, 0.5) is 0 Å². The summed E-state index contributed by atoms with van der Waals surface area (Å²) in [5.41, 5.74) is 0. The van der Waals surface area contributed by atoms with E-state index in [1.165, 1.54) is 103 Å². The molecule has 0 saturated heterocycles. The number of phosphoric acid groups is 1. The van der Waals surface area contributed by atoms with E-state index in [1.807, 2.05) is 0 Å². The van der Waals surface area contributed by atoms with Crippen LogP contribution in [0.3, 0.4) is 0 Å². The second kappa shape index (κ2) is 35.2. The van der Waals surface area contributed by atoms with Crippen molar-refractivity contribution < 1.29 is 63.1 Å². The molecule has 6 atom stereocenters. The Balaban J connectivity index is 2.46. The van der Waals surface area contributed by atoms with E-state index in [1.54, 1.807) is 0 Å². The van der Waals surface area contributed by atoms with Gasteiger partial charge in [-0.3, -0.25) is 18.6 Å². The number of hydrogen-bond donors (Lipinski definition) is 6. The van der Waals surface area contributed by atoms with E-state index in [4.69, 9.17) is 18.5 Å². The summed E-state index contributed by atoms with van der Waals surface area (Å²) in [6.45, 7) is 3.29. The highest BCUT2D eigenvalue weighted by Gasteiger charge is 2.51. The SMILES string of the molecule is CCCCCCCC/C=C\CCCCCCCC(=O)OC(COC(=O)CCCCCCCCCCCCCCCC)COP(=O)(O)OC1C(O)C(O)C(O)C(O)C1O. The number of aliphatic hydroxyl groups is 5. The van der Waals surface area contributed by atoms with Crippen LogP contribution in [0.1, 0.15) is 200 Å². The molecule has 0 aromatic carbocycles. The number of ether oxygens (including phenoxy) is 2. The Bertz CT molecular complexity index is 1080. The molecule has 1 saturated carbocycles. The molecular formula is C44H83O13P. The summed E-state index contributed by atoms with van der Waals surface area (Å²) in [6, 6.07) is 0. The normalized spacial score (nSPS) is 22.6. The lowest BCUT2D eigenvalue weighted by Gasteiger charge is -2.41. The highest BCUT2D eigenvalue weighted by Crippen LogP contribution is 2.47. The number of rotatable bonds is 38. The molecule has 0 amide bonds. The zero-order valence-corrected chi connectivity index (χ0v) is 37.0. The van der Waals surface area contributed by atoms with E-state index < -0.39 is 75.7 Å². The van der Waals surface area contributed by atoms with Crippen molar-refractivity contribution in [1.82, 2.24) is 0 Å². The highest BCUT2D eigenvalue weighted by atomic mass is 31.2. The third-order valence-corrected chi connectivity index (χ3v) is 11.8. The van der Waals surface area contributed by atoms with Gasteiger partial charge in [0.05, 0.1) is 6.61 Å². The molecule has 0 radical (unpaired) electrons. The molecule has 6 unspecified atom stereocenters. The van der Waals surface area contributed by atoms with E-state index in [0.717, 1.165) is 57.8 Å². The van der Waals surface area contributed by atoms with Crippen molar-refractivity contribution in [1.29, 1.82) is 0 Å². The minimum atomic E-state index is -5.11. The van der Waals surface area contributed by atoms with Gasteiger partial charge in [0.15, 0.2) is 6.10 Å². The molecule has 1 aliphatic rings. The Morgan fingerprint density at radius 3 is 1.31 bits per heavy atom. The lowest BCUT2D eigenvalue weighted by atomic mass is 9.85. The Hall–Kier alpha value is -1.41. The first-order valence-electron chi connectivity index (χ1n) is 23.0. The number of allylic oxidation sites excluding steroid dienone is 2. The minimum absolute atomic E-state index is 0.0908. The van der Waals surface area contributed by atoms with Crippen molar-refractivity contribution in [3.8, 4) is 0 Å². The van der Waals surface area contributed by atoms with Crippen LogP contribution in [0.5, 0.6) is 0 Å². The number of hydrogen-bond acceptors (Lipinski definition) is 12. The van der Waals surface area contributed by atoms with Crippen molar-refractivity contribution in [2.45, 2.75) is 243 Å². The van der Waals surface area contributed by atoms with Crippen LogP contribution in [0, 0.1) is 0 Å². The molecule has 14 heteroatoms. The van der Waals surface area contributed by atoms with Gasteiger partial charge in [-0.2, -0.15) is 0 Å². The largest absolute Gasteiger partial charge is 0.472 e. The fourth-order valence-corrected chi connectivity index (χ4v) is 8.08. The van der Waals surface area contributed by atoms with Crippen LogP contribution in [0.2, 0.25) is 0 Å². The van der Waals surface area contributed by atoms with Gasteiger partial charge in [0.25, 0.3) is 0 Å². The Kier molecular flexibility index (Phi) is 33.2. The molecule has 0 aliphatic heterocycles. The number of carbonyl (C=O) groups excluding carboxylic acids is 2. The first-order chi connectivity index (χ1) is 27.9. The van der Waals surface area contributed by atoms with Crippen molar-refractivity contribution in [2.75, 3.05) is 13.2 Å².